The van der Waals surface area contributed by atoms with Crippen LogP contribution in [0, 0.1) is 5.92 Å². The minimum atomic E-state index is -1.01. The van der Waals surface area contributed by atoms with Gasteiger partial charge >= 0.3 is 5.97 Å². The molecule has 38 heavy (non-hydrogen) atoms. The van der Waals surface area contributed by atoms with Gasteiger partial charge in [-0.3, -0.25) is 9.59 Å². The third-order valence-electron chi connectivity index (χ3n) is 6.57. The van der Waals surface area contributed by atoms with E-state index in [9.17, 15) is 19.5 Å². The fourth-order valence-electron chi connectivity index (χ4n) is 4.67. The minimum Gasteiger partial charge on any atom is -0.493 e. The predicted molar refractivity (Wildman–Crippen MR) is 142 cm³/mol. The maximum Gasteiger partial charge on any atom is 0.326 e. The molecule has 2 amide bonds. The fraction of sp³-hybridized carbons (Fsp3) is 0.276. The van der Waals surface area contributed by atoms with Gasteiger partial charge in [-0.25, -0.2) is 4.79 Å². The third-order valence-corrected chi connectivity index (χ3v) is 6.57. The van der Waals surface area contributed by atoms with Crippen LogP contribution >= 0.6 is 0 Å². The van der Waals surface area contributed by atoms with E-state index < -0.39 is 12.0 Å². The van der Waals surface area contributed by atoms with Gasteiger partial charge in [-0.15, -0.1) is 0 Å². The van der Waals surface area contributed by atoms with Crippen molar-refractivity contribution in [2.45, 2.75) is 26.4 Å². The van der Waals surface area contributed by atoms with Crippen LogP contribution in [0.3, 0.4) is 0 Å². The average molecular weight is 519 g/mol. The van der Waals surface area contributed by atoms with Crippen LogP contribution in [-0.2, 0) is 11.3 Å². The van der Waals surface area contributed by atoms with Crippen molar-refractivity contribution in [2.75, 3.05) is 26.6 Å². The number of hydrogen-bond donors (Lipinski definition) is 2. The molecular weight excluding hydrogens is 488 g/mol. The Bertz CT molecular complexity index is 1360. The second kappa shape index (κ2) is 10.8. The van der Waals surface area contributed by atoms with E-state index in [-0.39, 0.29) is 24.3 Å². The van der Waals surface area contributed by atoms with Gasteiger partial charge in [-0.05, 0) is 52.9 Å². The number of methoxy groups -OCH3 is 3. The van der Waals surface area contributed by atoms with Gasteiger partial charge in [0.1, 0.15) is 6.04 Å². The lowest BCUT2D eigenvalue weighted by molar-refractivity contribution is -0.144. The summed E-state index contributed by atoms with van der Waals surface area (Å²) in [5, 5.41) is 12.5. The standard InChI is InChI=1S/C29H30N2O7/c1-16(2)25(29(34)35)31-15-19-7-6-18(12-22(19)28(31)33)17-8-10-21(11-9-17)30-27(32)20-13-23(36-3)26(38-5)24(14-20)37-4/h6-14,16,25H,15H2,1-5H3,(H,30,32)(H,34,35)/t25-/m0/s1. The highest BCUT2D eigenvalue weighted by molar-refractivity contribution is 6.05. The molecule has 3 aromatic rings. The number of hydrogen-bond acceptors (Lipinski definition) is 6. The average Bonchev–Trinajstić information content (AvgIpc) is 3.22. The van der Waals surface area contributed by atoms with E-state index in [4.69, 9.17) is 14.2 Å². The van der Waals surface area contributed by atoms with Crippen molar-refractivity contribution in [1.29, 1.82) is 0 Å². The first-order valence-corrected chi connectivity index (χ1v) is 12.1. The second-order valence-corrected chi connectivity index (χ2v) is 9.28. The highest BCUT2D eigenvalue weighted by Crippen LogP contribution is 2.38. The molecule has 0 saturated carbocycles. The molecule has 1 aliphatic heterocycles. The highest BCUT2D eigenvalue weighted by atomic mass is 16.5. The Kier molecular flexibility index (Phi) is 7.57. The number of rotatable bonds is 9. The number of nitrogens with zero attached hydrogens (tertiary/aromatic N) is 1. The number of nitrogens with one attached hydrogen (secondary N) is 1. The molecule has 0 fully saturated rings. The van der Waals surface area contributed by atoms with Gasteiger partial charge in [0.25, 0.3) is 11.8 Å². The van der Waals surface area contributed by atoms with Gasteiger partial charge < -0.3 is 29.5 Å². The molecule has 3 aromatic carbocycles. The van der Waals surface area contributed by atoms with Crippen LogP contribution in [-0.4, -0.2) is 55.2 Å². The largest absolute Gasteiger partial charge is 0.493 e. The van der Waals surface area contributed by atoms with Crippen molar-refractivity contribution in [3.05, 3.63) is 71.3 Å². The maximum atomic E-state index is 13.1. The molecule has 0 saturated heterocycles. The van der Waals surface area contributed by atoms with Crippen molar-refractivity contribution >= 4 is 23.5 Å². The number of ether oxygens (including phenoxy) is 3. The molecule has 0 spiro atoms. The van der Waals surface area contributed by atoms with Gasteiger partial charge in [0.15, 0.2) is 11.5 Å². The molecular formula is C29H30N2O7. The van der Waals surface area contributed by atoms with Crippen molar-refractivity contribution in [2.24, 2.45) is 5.92 Å². The molecule has 1 aliphatic rings. The molecule has 0 aliphatic carbocycles. The van der Waals surface area contributed by atoms with Crippen LogP contribution in [0.2, 0.25) is 0 Å². The van der Waals surface area contributed by atoms with E-state index in [0.717, 1.165) is 16.7 Å². The van der Waals surface area contributed by atoms with E-state index in [0.29, 0.717) is 34.1 Å². The summed E-state index contributed by atoms with van der Waals surface area (Å²) >= 11 is 0. The molecule has 0 bridgehead atoms. The van der Waals surface area contributed by atoms with Gasteiger partial charge in [0.2, 0.25) is 5.75 Å². The lowest BCUT2D eigenvalue weighted by Crippen LogP contribution is -2.44. The zero-order chi connectivity index (χ0) is 27.6. The predicted octanol–water partition coefficient (Wildman–Crippen LogP) is 4.70. The molecule has 4 rings (SSSR count). The number of carbonyl (C=O) groups excluding carboxylic acids is 2. The monoisotopic (exact) mass is 518 g/mol. The summed E-state index contributed by atoms with van der Waals surface area (Å²) in [7, 11) is 4.46. The Labute approximate surface area is 220 Å². The van der Waals surface area contributed by atoms with Crippen molar-refractivity contribution in [3.8, 4) is 28.4 Å². The molecule has 9 nitrogen and oxygen atoms in total. The first-order chi connectivity index (χ1) is 18.2. The number of fused-ring (bicyclic) bond motifs is 1. The number of carboxylic acids is 1. The summed E-state index contributed by atoms with van der Waals surface area (Å²) in [4.78, 5) is 39.1. The van der Waals surface area contributed by atoms with E-state index in [1.54, 1.807) is 44.2 Å². The van der Waals surface area contributed by atoms with Crippen LogP contribution in [0.5, 0.6) is 17.2 Å². The highest BCUT2D eigenvalue weighted by Gasteiger charge is 2.38. The van der Waals surface area contributed by atoms with Crippen LogP contribution in [0.25, 0.3) is 11.1 Å². The summed E-state index contributed by atoms with van der Waals surface area (Å²) in [6.45, 7) is 3.86. The number of anilines is 1. The van der Waals surface area contributed by atoms with Crippen LogP contribution < -0.4 is 19.5 Å². The minimum absolute atomic E-state index is 0.215. The normalized spacial score (nSPS) is 13.2. The molecule has 1 heterocycles. The number of amides is 2. The molecule has 0 unspecified atom stereocenters. The number of carboxylic acid groups (broad SMARTS) is 1. The Hall–Kier alpha value is -4.53. The topological polar surface area (TPSA) is 114 Å². The number of benzene rings is 3. The van der Waals surface area contributed by atoms with E-state index in [2.05, 4.69) is 5.32 Å². The molecule has 9 heteroatoms. The fourth-order valence-corrected chi connectivity index (χ4v) is 4.67. The lowest BCUT2D eigenvalue weighted by atomic mass is 10.00. The first kappa shape index (κ1) is 26.5. The van der Waals surface area contributed by atoms with Gasteiger partial charge in [0.05, 0.1) is 21.3 Å². The van der Waals surface area contributed by atoms with Crippen LogP contribution in [0.4, 0.5) is 5.69 Å². The quantitative estimate of drug-likeness (QED) is 0.422. The Morgan fingerprint density at radius 1 is 0.895 bits per heavy atom. The molecule has 0 radical (unpaired) electrons. The van der Waals surface area contributed by atoms with E-state index >= 15 is 0 Å². The SMILES string of the molecule is COc1cc(C(=O)Nc2ccc(-c3ccc4c(c3)C(=O)N([C@H](C(=O)O)C(C)C)C4)cc2)cc(OC)c1OC. The second-order valence-electron chi connectivity index (χ2n) is 9.28. The maximum absolute atomic E-state index is 13.1. The Morgan fingerprint density at radius 3 is 2.03 bits per heavy atom. The van der Waals surface area contributed by atoms with Crippen molar-refractivity contribution < 1.29 is 33.7 Å². The third kappa shape index (κ3) is 5.00. The van der Waals surface area contributed by atoms with Crippen molar-refractivity contribution in [1.82, 2.24) is 4.90 Å². The van der Waals surface area contributed by atoms with E-state index in [1.165, 1.54) is 26.2 Å². The summed E-state index contributed by atoms with van der Waals surface area (Å²) < 4.78 is 16.0. The molecule has 2 N–H and O–H groups in total. The Morgan fingerprint density at radius 2 is 1.50 bits per heavy atom. The van der Waals surface area contributed by atoms with Gasteiger partial charge in [0, 0.05) is 23.4 Å². The van der Waals surface area contributed by atoms with Crippen LogP contribution in [0.1, 0.15) is 40.1 Å². The zero-order valence-electron chi connectivity index (χ0n) is 21.9. The summed E-state index contributed by atoms with van der Waals surface area (Å²) in [6.07, 6.45) is 0. The van der Waals surface area contributed by atoms with Gasteiger partial charge in [-0.1, -0.05) is 38.1 Å². The molecule has 0 aromatic heterocycles. The number of carbonyl (C=O) groups is 3. The summed E-state index contributed by atoms with van der Waals surface area (Å²) in [6, 6.07) is 15.1. The summed E-state index contributed by atoms with van der Waals surface area (Å²) in [5.74, 6) is -0.705. The molecule has 198 valence electrons. The Balaban J connectivity index is 1.52. The van der Waals surface area contributed by atoms with Gasteiger partial charge in [-0.2, -0.15) is 0 Å². The zero-order valence-corrected chi connectivity index (χ0v) is 21.9. The lowest BCUT2D eigenvalue weighted by Gasteiger charge is -2.27. The smallest absolute Gasteiger partial charge is 0.326 e. The first-order valence-electron chi connectivity index (χ1n) is 12.1. The number of aliphatic carboxylic acids is 1. The van der Waals surface area contributed by atoms with Crippen molar-refractivity contribution in [3.63, 3.8) is 0 Å². The van der Waals surface area contributed by atoms with E-state index in [1.807, 2.05) is 24.3 Å². The van der Waals surface area contributed by atoms with Crippen LogP contribution in [0.15, 0.2) is 54.6 Å². The summed E-state index contributed by atoms with van der Waals surface area (Å²) in [5.41, 5.74) is 3.90. The molecule has 1 atom stereocenters.